The van der Waals surface area contributed by atoms with Crippen LogP contribution in [0.5, 0.6) is 0 Å². The van der Waals surface area contributed by atoms with Gasteiger partial charge in [0, 0.05) is 0 Å². The molecule has 0 amide bonds. The van der Waals surface area contributed by atoms with Gasteiger partial charge < -0.3 is 9.47 Å². The van der Waals surface area contributed by atoms with Crippen molar-refractivity contribution in [3.05, 3.63) is 106 Å². The van der Waals surface area contributed by atoms with Gasteiger partial charge in [-0.05, 0) is 64.7 Å². The first-order valence-electron chi connectivity index (χ1n) is 9.15. The molecule has 0 bridgehead atoms. The molecule has 0 aliphatic carbocycles. The van der Waals surface area contributed by atoms with Crippen LogP contribution in [0.3, 0.4) is 0 Å². The third-order valence-electron chi connectivity index (χ3n) is 4.58. The van der Waals surface area contributed by atoms with Gasteiger partial charge in [-0.2, -0.15) is 5.26 Å². The number of nitrogens with zero attached hydrogens (tertiary/aromatic N) is 1. The summed E-state index contributed by atoms with van der Waals surface area (Å²) in [6.45, 7) is 0. The van der Waals surface area contributed by atoms with Crippen LogP contribution in [-0.2, 0) is 9.47 Å². The number of benzene rings is 3. The van der Waals surface area contributed by atoms with E-state index in [1.807, 2.05) is 42.5 Å². The number of hydrogen-bond donors (Lipinski definition) is 0. The van der Waals surface area contributed by atoms with E-state index < -0.39 is 11.9 Å². The summed E-state index contributed by atoms with van der Waals surface area (Å²) >= 11 is 0. The van der Waals surface area contributed by atoms with Crippen molar-refractivity contribution in [1.82, 2.24) is 0 Å². The molecule has 0 N–H and O–H groups in total. The third kappa shape index (κ3) is 4.62. The molecule has 0 unspecified atom stereocenters. The molecule has 3 aromatic carbocycles. The predicted molar refractivity (Wildman–Crippen MR) is 114 cm³/mol. The lowest BCUT2D eigenvalue weighted by atomic mass is 9.94. The average Bonchev–Trinajstić information content (AvgIpc) is 2.82. The highest BCUT2D eigenvalue weighted by Crippen LogP contribution is 2.27. The lowest BCUT2D eigenvalue weighted by Crippen LogP contribution is -2.02. The van der Waals surface area contributed by atoms with Crippen LogP contribution in [-0.4, -0.2) is 26.2 Å². The third-order valence-corrected chi connectivity index (χ3v) is 4.58. The lowest BCUT2D eigenvalue weighted by Gasteiger charge is -2.11. The van der Waals surface area contributed by atoms with Gasteiger partial charge in [-0.25, -0.2) is 9.59 Å². The number of carbonyl (C=O) groups is 2. The molecular formula is C25H19NO4. The van der Waals surface area contributed by atoms with E-state index in [1.165, 1.54) is 14.2 Å². The highest BCUT2D eigenvalue weighted by molar-refractivity contribution is 5.95. The summed E-state index contributed by atoms with van der Waals surface area (Å²) in [6, 6.07) is 23.5. The molecule has 0 saturated carbocycles. The largest absolute Gasteiger partial charge is 0.465 e. The van der Waals surface area contributed by atoms with Crippen molar-refractivity contribution in [2.24, 2.45) is 0 Å². The van der Waals surface area contributed by atoms with Crippen LogP contribution in [0.25, 0.3) is 11.6 Å². The van der Waals surface area contributed by atoms with Crippen LogP contribution >= 0.6 is 0 Å². The van der Waals surface area contributed by atoms with E-state index >= 15 is 0 Å². The van der Waals surface area contributed by atoms with Crippen molar-refractivity contribution in [1.29, 1.82) is 5.26 Å². The number of methoxy groups -OCH3 is 2. The maximum atomic E-state index is 11.7. The number of rotatable bonds is 5. The molecule has 0 aromatic heterocycles. The molecule has 5 nitrogen and oxygen atoms in total. The Bertz CT molecular complexity index is 1060. The second kappa shape index (κ2) is 9.35. The van der Waals surface area contributed by atoms with Gasteiger partial charge in [-0.1, -0.05) is 36.4 Å². The second-order valence-electron chi connectivity index (χ2n) is 6.43. The monoisotopic (exact) mass is 397 g/mol. The minimum Gasteiger partial charge on any atom is -0.465 e. The Morgan fingerprint density at radius 3 is 1.47 bits per heavy atom. The molecule has 30 heavy (non-hydrogen) atoms. The Balaban J connectivity index is 2.06. The summed E-state index contributed by atoms with van der Waals surface area (Å²) in [4.78, 5) is 23.5. The topological polar surface area (TPSA) is 76.4 Å². The van der Waals surface area contributed by atoms with Crippen LogP contribution in [0.4, 0.5) is 0 Å². The molecule has 0 spiro atoms. The average molecular weight is 397 g/mol. The Kier molecular flexibility index (Phi) is 6.41. The van der Waals surface area contributed by atoms with Gasteiger partial charge in [-0.3, -0.25) is 0 Å². The van der Waals surface area contributed by atoms with E-state index in [-0.39, 0.29) is 0 Å². The Morgan fingerprint density at radius 1 is 0.700 bits per heavy atom. The van der Waals surface area contributed by atoms with Crippen LogP contribution in [0.2, 0.25) is 0 Å². The number of nitriles is 1. The second-order valence-corrected chi connectivity index (χ2v) is 6.43. The van der Waals surface area contributed by atoms with Gasteiger partial charge in [-0.15, -0.1) is 0 Å². The highest BCUT2D eigenvalue weighted by Gasteiger charge is 2.11. The van der Waals surface area contributed by atoms with Gasteiger partial charge in [0.15, 0.2) is 0 Å². The lowest BCUT2D eigenvalue weighted by molar-refractivity contribution is 0.0592. The highest BCUT2D eigenvalue weighted by atomic mass is 16.5. The summed E-state index contributed by atoms with van der Waals surface area (Å²) < 4.78 is 9.52. The molecule has 0 aliphatic rings. The summed E-state index contributed by atoms with van der Waals surface area (Å²) in [7, 11) is 2.69. The molecule has 0 fully saturated rings. The number of carbonyl (C=O) groups excluding carboxylic acids is 2. The maximum Gasteiger partial charge on any atom is 0.337 e. The molecule has 0 atom stereocenters. The number of ether oxygens (including phenoxy) is 2. The van der Waals surface area contributed by atoms with Gasteiger partial charge in [0.2, 0.25) is 0 Å². The van der Waals surface area contributed by atoms with Crippen LogP contribution < -0.4 is 0 Å². The fourth-order valence-corrected chi connectivity index (χ4v) is 2.96. The first-order valence-corrected chi connectivity index (χ1v) is 9.15. The minimum absolute atomic E-state index is 0.401. The molecule has 0 saturated heterocycles. The van der Waals surface area contributed by atoms with E-state index in [0.29, 0.717) is 16.7 Å². The Hall–Kier alpha value is -4.17. The van der Waals surface area contributed by atoms with Crippen molar-refractivity contribution in [3.8, 4) is 6.07 Å². The van der Waals surface area contributed by atoms with Crippen molar-refractivity contribution < 1.29 is 19.1 Å². The van der Waals surface area contributed by atoms with Gasteiger partial charge >= 0.3 is 11.9 Å². The van der Waals surface area contributed by atoms with Crippen LogP contribution in [0, 0.1) is 11.3 Å². The summed E-state index contributed by atoms with van der Waals surface area (Å²) in [6.07, 6.45) is 1.99. The zero-order valence-electron chi connectivity index (χ0n) is 16.6. The maximum absolute atomic E-state index is 11.7. The zero-order chi connectivity index (χ0) is 21.5. The van der Waals surface area contributed by atoms with Crippen molar-refractivity contribution in [2.75, 3.05) is 14.2 Å². The minimum atomic E-state index is -0.401. The first kappa shape index (κ1) is 20.6. The normalized spacial score (nSPS) is 9.90. The van der Waals surface area contributed by atoms with Crippen molar-refractivity contribution in [2.45, 2.75) is 0 Å². The molecule has 5 heteroatoms. The molecule has 0 aliphatic heterocycles. The predicted octanol–water partition coefficient (Wildman–Crippen LogP) is 4.72. The summed E-state index contributed by atoms with van der Waals surface area (Å²) in [5, 5.41) is 9.01. The SMILES string of the molecule is COC(=O)c1ccc(C(=Cc2ccc(C#N)cc2)c2ccc(C(=O)OC)cc2)cc1. The van der Waals surface area contributed by atoms with E-state index in [2.05, 4.69) is 6.07 Å². The fourth-order valence-electron chi connectivity index (χ4n) is 2.96. The molecule has 0 radical (unpaired) electrons. The standard InChI is InChI=1S/C25H19NO4/c1-29-24(27)21-11-7-19(8-12-21)23(15-17-3-5-18(16-26)6-4-17)20-9-13-22(14-10-20)25(28)30-2/h3-15H,1-2H3. The van der Waals surface area contributed by atoms with Gasteiger partial charge in [0.25, 0.3) is 0 Å². The van der Waals surface area contributed by atoms with Crippen molar-refractivity contribution in [3.63, 3.8) is 0 Å². The number of hydrogen-bond acceptors (Lipinski definition) is 5. The van der Waals surface area contributed by atoms with Crippen LogP contribution in [0.1, 0.15) is 43.0 Å². The summed E-state index contributed by atoms with van der Waals surface area (Å²) in [5.74, 6) is -0.803. The fraction of sp³-hybridized carbons (Fsp3) is 0.0800. The van der Waals surface area contributed by atoms with Gasteiger partial charge in [0.1, 0.15) is 0 Å². The molecule has 3 rings (SSSR count). The molecule has 3 aromatic rings. The first-order chi connectivity index (χ1) is 14.5. The Labute approximate surface area is 174 Å². The van der Waals surface area contributed by atoms with E-state index in [1.54, 1.807) is 36.4 Å². The van der Waals surface area contributed by atoms with E-state index in [4.69, 9.17) is 14.7 Å². The number of esters is 2. The zero-order valence-corrected chi connectivity index (χ0v) is 16.6. The van der Waals surface area contributed by atoms with Crippen LogP contribution in [0.15, 0.2) is 72.8 Å². The van der Waals surface area contributed by atoms with Gasteiger partial charge in [0.05, 0.1) is 37.0 Å². The smallest absolute Gasteiger partial charge is 0.337 e. The Morgan fingerprint density at radius 2 is 1.10 bits per heavy atom. The van der Waals surface area contributed by atoms with E-state index in [9.17, 15) is 9.59 Å². The quantitative estimate of drug-likeness (QED) is 0.460. The molecular weight excluding hydrogens is 378 g/mol. The van der Waals surface area contributed by atoms with Crippen molar-refractivity contribution >= 4 is 23.6 Å². The molecule has 148 valence electrons. The van der Waals surface area contributed by atoms with E-state index in [0.717, 1.165) is 22.3 Å². The molecule has 0 heterocycles. The summed E-state index contributed by atoms with van der Waals surface area (Å²) in [5.41, 5.74) is 5.08.